The number of benzene rings is 1. The number of anilines is 1. The van der Waals surface area contributed by atoms with Gasteiger partial charge in [-0.2, -0.15) is 0 Å². The number of carbonyl (C=O) groups excluding carboxylic acids is 2. The molecular formula is C20H24FN3O2S. The molecule has 1 aromatic carbocycles. The summed E-state index contributed by atoms with van der Waals surface area (Å²) in [6.07, 6.45) is 2.75. The van der Waals surface area contributed by atoms with Crippen LogP contribution in [0.1, 0.15) is 35.0 Å². The van der Waals surface area contributed by atoms with Gasteiger partial charge in [0.1, 0.15) is 5.82 Å². The minimum Gasteiger partial charge on any atom is -0.338 e. The fourth-order valence-electron chi connectivity index (χ4n) is 3.34. The first kappa shape index (κ1) is 19.4. The van der Waals surface area contributed by atoms with Crippen LogP contribution < -0.4 is 10.6 Å². The Bertz CT molecular complexity index is 808. The third-order valence-corrected chi connectivity index (χ3v) is 5.71. The van der Waals surface area contributed by atoms with Crippen LogP contribution >= 0.6 is 11.3 Å². The summed E-state index contributed by atoms with van der Waals surface area (Å²) in [5.74, 6) is -0.0870. The fraction of sp³-hybridized carbons (Fsp3) is 0.400. The third kappa shape index (κ3) is 5.07. The van der Waals surface area contributed by atoms with Crippen LogP contribution in [0.15, 0.2) is 35.7 Å². The molecule has 0 radical (unpaired) electrons. The highest BCUT2D eigenvalue weighted by molar-refractivity contribution is 7.12. The Kier molecular flexibility index (Phi) is 6.45. The van der Waals surface area contributed by atoms with Crippen molar-refractivity contribution >= 4 is 29.0 Å². The largest absolute Gasteiger partial charge is 0.338 e. The highest BCUT2D eigenvalue weighted by Gasteiger charge is 2.26. The van der Waals surface area contributed by atoms with Gasteiger partial charge in [0.2, 0.25) is 0 Å². The number of rotatable bonds is 5. The van der Waals surface area contributed by atoms with E-state index in [1.54, 1.807) is 12.1 Å². The summed E-state index contributed by atoms with van der Waals surface area (Å²) in [4.78, 5) is 27.5. The normalized spacial score (nSPS) is 16.8. The number of urea groups is 1. The molecule has 2 heterocycles. The summed E-state index contributed by atoms with van der Waals surface area (Å²) < 4.78 is 13.2. The molecule has 2 aromatic rings. The monoisotopic (exact) mass is 389 g/mol. The van der Waals surface area contributed by atoms with Crippen LogP contribution in [0.5, 0.6) is 0 Å². The van der Waals surface area contributed by atoms with Crippen molar-refractivity contribution in [3.8, 4) is 0 Å². The van der Waals surface area contributed by atoms with Gasteiger partial charge in [0.15, 0.2) is 0 Å². The predicted octanol–water partition coefficient (Wildman–Crippen LogP) is 4.12. The molecule has 3 rings (SSSR count). The highest BCUT2D eigenvalue weighted by atomic mass is 32.1. The molecule has 3 amide bonds. The predicted molar refractivity (Wildman–Crippen MR) is 106 cm³/mol. The molecule has 0 bridgehead atoms. The maximum atomic E-state index is 13.2. The second kappa shape index (κ2) is 8.99. The molecule has 0 spiro atoms. The van der Waals surface area contributed by atoms with E-state index in [0.29, 0.717) is 18.8 Å². The number of piperidine rings is 1. The average molecular weight is 389 g/mol. The third-order valence-electron chi connectivity index (χ3n) is 4.76. The Morgan fingerprint density at radius 3 is 2.96 bits per heavy atom. The summed E-state index contributed by atoms with van der Waals surface area (Å²) in [5.41, 5.74) is 1.51. The Morgan fingerprint density at radius 2 is 2.19 bits per heavy atom. The Balaban J connectivity index is 1.51. The first-order chi connectivity index (χ1) is 13.1. The number of hydrogen-bond acceptors (Lipinski definition) is 3. The second-order valence-electron chi connectivity index (χ2n) is 6.73. The van der Waals surface area contributed by atoms with E-state index in [-0.39, 0.29) is 17.9 Å². The van der Waals surface area contributed by atoms with Gasteiger partial charge in [0, 0.05) is 25.3 Å². The van der Waals surface area contributed by atoms with Gasteiger partial charge in [-0.05, 0) is 60.4 Å². The topological polar surface area (TPSA) is 61.4 Å². The van der Waals surface area contributed by atoms with Crippen LogP contribution in [0.3, 0.4) is 0 Å². The maximum absolute atomic E-state index is 13.2. The van der Waals surface area contributed by atoms with Crippen LogP contribution in [0.25, 0.3) is 0 Å². The minimum absolute atomic E-state index is 0.0933. The number of aryl methyl sites for hydroxylation is 1. The standard InChI is InChI=1S/C20H24FN3O2S/c1-2-15-8-10-27-18(15)19(25)24-9-4-5-14(13-24)12-22-20(26)23-17-7-3-6-16(21)11-17/h3,6-8,10-11,14H,2,4-5,9,12-13H2,1H3,(H2,22,23,26). The summed E-state index contributed by atoms with van der Waals surface area (Å²) in [5, 5.41) is 7.42. The summed E-state index contributed by atoms with van der Waals surface area (Å²) in [6.45, 7) is 3.93. The van der Waals surface area contributed by atoms with Gasteiger partial charge in [-0.3, -0.25) is 4.79 Å². The van der Waals surface area contributed by atoms with Gasteiger partial charge in [-0.15, -0.1) is 11.3 Å². The number of carbonyl (C=O) groups is 2. The van der Waals surface area contributed by atoms with Crippen molar-refractivity contribution in [2.75, 3.05) is 25.0 Å². The molecule has 5 nitrogen and oxygen atoms in total. The molecule has 2 N–H and O–H groups in total. The van der Waals surface area contributed by atoms with Crippen molar-refractivity contribution in [2.45, 2.75) is 26.2 Å². The van der Waals surface area contributed by atoms with E-state index in [4.69, 9.17) is 0 Å². The zero-order valence-electron chi connectivity index (χ0n) is 15.3. The molecule has 1 saturated heterocycles. The second-order valence-corrected chi connectivity index (χ2v) is 7.65. The van der Waals surface area contributed by atoms with Crippen molar-refractivity contribution < 1.29 is 14.0 Å². The van der Waals surface area contributed by atoms with Crippen LogP contribution in [0.2, 0.25) is 0 Å². The highest BCUT2D eigenvalue weighted by Crippen LogP contribution is 2.23. The Hall–Kier alpha value is -2.41. The molecular weight excluding hydrogens is 365 g/mol. The van der Waals surface area contributed by atoms with Gasteiger partial charge in [0.05, 0.1) is 4.88 Å². The average Bonchev–Trinajstić information content (AvgIpc) is 3.15. The lowest BCUT2D eigenvalue weighted by atomic mass is 9.97. The molecule has 1 unspecified atom stereocenters. The number of nitrogens with one attached hydrogen (secondary N) is 2. The van der Waals surface area contributed by atoms with Crippen molar-refractivity contribution in [1.29, 1.82) is 0 Å². The Morgan fingerprint density at radius 1 is 1.33 bits per heavy atom. The molecule has 1 aromatic heterocycles. The number of likely N-dealkylation sites (tertiary alicyclic amines) is 1. The summed E-state index contributed by atoms with van der Waals surface area (Å²) in [6, 6.07) is 7.43. The Labute approximate surface area is 162 Å². The van der Waals surface area contributed by atoms with Gasteiger partial charge < -0.3 is 15.5 Å². The lowest BCUT2D eigenvalue weighted by Gasteiger charge is -2.32. The van der Waals surface area contributed by atoms with Crippen LogP contribution in [-0.2, 0) is 6.42 Å². The number of amides is 3. The number of halogens is 1. The van der Waals surface area contributed by atoms with E-state index in [0.717, 1.165) is 36.2 Å². The molecule has 27 heavy (non-hydrogen) atoms. The van der Waals surface area contributed by atoms with Crippen LogP contribution in [-0.4, -0.2) is 36.5 Å². The van der Waals surface area contributed by atoms with E-state index in [2.05, 4.69) is 17.6 Å². The minimum atomic E-state index is -0.394. The first-order valence-corrected chi connectivity index (χ1v) is 10.1. The quantitative estimate of drug-likeness (QED) is 0.808. The van der Waals surface area contributed by atoms with E-state index in [9.17, 15) is 14.0 Å². The number of thiophene rings is 1. The van der Waals surface area contributed by atoms with Crippen molar-refractivity contribution in [2.24, 2.45) is 5.92 Å². The van der Waals surface area contributed by atoms with Crippen molar-refractivity contribution in [3.63, 3.8) is 0 Å². The van der Waals surface area contributed by atoms with Crippen molar-refractivity contribution in [3.05, 3.63) is 52.0 Å². The molecule has 1 fully saturated rings. The van der Waals surface area contributed by atoms with Gasteiger partial charge >= 0.3 is 6.03 Å². The van der Waals surface area contributed by atoms with Crippen LogP contribution in [0, 0.1) is 11.7 Å². The summed E-state index contributed by atoms with van der Waals surface area (Å²) >= 11 is 1.50. The molecule has 1 atom stereocenters. The molecule has 1 aliphatic rings. The van der Waals surface area contributed by atoms with Gasteiger partial charge in [-0.25, -0.2) is 9.18 Å². The number of hydrogen-bond donors (Lipinski definition) is 2. The van der Waals surface area contributed by atoms with Crippen LogP contribution in [0.4, 0.5) is 14.9 Å². The maximum Gasteiger partial charge on any atom is 0.319 e. The van der Waals surface area contributed by atoms with E-state index >= 15 is 0 Å². The van der Waals surface area contributed by atoms with Crippen molar-refractivity contribution in [1.82, 2.24) is 10.2 Å². The van der Waals surface area contributed by atoms with E-state index in [1.165, 1.54) is 23.5 Å². The number of nitrogens with zero attached hydrogens (tertiary/aromatic N) is 1. The van der Waals surface area contributed by atoms with E-state index in [1.807, 2.05) is 16.3 Å². The first-order valence-electron chi connectivity index (χ1n) is 9.23. The van der Waals surface area contributed by atoms with Gasteiger partial charge in [-0.1, -0.05) is 13.0 Å². The molecule has 144 valence electrons. The molecule has 0 saturated carbocycles. The SMILES string of the molecule is CCc1ccsc1C(=O)N1CCCC(CNC(=O)Nc2cccc(F)c2)C1. The van der Waals surface area contributed by atoms with Gasteiger partial charge in [0.25, 0.3) is 5.91 Å². The lowest BCUT2D eigenvalue weighted by molar-refractivity contribution is 0.0679. The molecule has 7 heteroatoms. The smallest absolute Gasteiger partial charge is 0.319 e. The zero-order chi connectivity index (χ0) is 19.2. The molecule has 0 aliphatic carbocycles. The summed E-state index contributed by atoms with van der Waals surface area (Å²) in [7, 11) is 0. The fourth-order valence-corrected chi connectivity index (χ4v) is 4.30. The zero-order valence-corrected chi connectivity index (χ0v) is 16.2. The lowest BCUT2D eigenvalue weighted by Crippen LogP contribution is -2.44. The molecule has 1 aliphatic heterocycles. The van der Waals surface area contributed by atoms with E-state index < -0.39 is 5.82 Å².